The third kappa shape index (κ3) is 5.87. The van der Waals surface area contributed by atoms with Gasteiger partial charge in [-0.3, -0.25) is 4.79 Å². The summed E-state index contributed by atoms with van der Waals surface area (Å²) in [7, 11) is -3.70. The number of carbonyl (C=O) groups is 1. The molecule has 3 N–H and O–H groups in total. The molecular formula is C22H31N5O6S. The van der Waals surface area contributed by atoms with Gasteiger partial charge < -0.3 is 29.9 Å². The van der Waals surface area contributed by atoms with Gasteiger partial charge >= 0.3 is 0 Å². The number of rotatable bonds is 9. The van der Waals surface area contributed by atoms with Crippen LogP contribution >= 0.6 is 0 Å². The number of ether oxygens (including phenoxy) is 2. The van der Waals surface area contributed by atoms with E-state index in [-0.39, 0.29) is 16.9 Å². The third-order valence-electron chi connectivity index (χ3n) is 5.79. The fourth-order valence-corrected chi connectivity index (χ4v) is 5.32. The smallest absolute Gasteiger partial charge is 0.247 e. The van der Waals surface area contributed by atoms with Crippen molar-refractivity contribution in [3.63, 3.8) is 0 Å². The molecule has 0 aliphatic carbocycles. The summed E-state index contributed by atoms with van der Waals surface area (Å²) < 4.78 is 43.7. The van der Waals surface area contributed by atoms with Gasteiger partial charge in [0.15, 0.2) is 5.82 Å². The van der Waals surface area contributed by atoms with Crippen LogP contribution in [0.1, 0.15) is 25.5 Å². The van der Waals surface area contributed by atoms with Crippen molar-refractivity contribution in [1.82, 2.24) is 9.46 Å². The molecule has 2 fully saturated rings. The van der Waals surface area contributed by atoms with Crippen LogP contribution in [0.3, 0.4) is 0 Å². The quantitative estimate of drug-likeness (QED) is 0.479. The normalized spacial score (nSPS) is 20.1. The molecule has 2 aliphatic heterocycles. The van der Waals surface area contributed by atoms with Crippen LogP contribution in [0.2, 0.25) is 0 Å². The number of anilines is 3. The van der Waals surface area contributed by atoms with Gasteiger partial charge in [-0.2, -0.15) is 4.31 Å². The van der Waals surface area contributed by atoms with Crippen LogP contribution in [0, 0.1) is 6.92 Å². The first kappa shape index (κ1) is 24.5. The molecule has 0 bridgehead atoms. The molecule has 2 saturated heterocycles. The monoisotopic (exact) mass is 493 g/mol. The molecule has 1 aromatic carbocycles. The molecule has 2 aromatic rings. The lowest BCUT2D eigenvalue weighted by atomic mass is 10.2. The van der Waals surface area contributed by atoms with Crippen molar-refractivity contribution >= 4 is 33.1 Å². The maximum absolute atomic E-state index is 13.2. The van der Waals surface area contributed by atoms with E-state index in [0.717, 1.165) is 19.4 Å². The number of amides is 1. The van der Waals surface area contributed by atoms with E-state index < -0.39 is 16.1 Å². The second-order valence-electron chi connectivity index (χ2n) is 8.42. The number of aromatic nitrogens is 1. The Morgan fingerprint density at radius 3 is 2.68 bits per heavy atom. The van der Waals surface area contributed by atoms with Crippen LogP contribution in [0.15, 0.2) is 33.7 Å². The first-order valence-electron chi connectivity index (χ1n) is 11.4. The minimum absolute atomic E-state index is 0.0979. The van der Waals surface area contributed by atoms with Crippen molar-refractivity contribution in [1.29, 1.82) is 0 Å². The zero-order valence-electron chi connectivity index (χ0n) is 19.4. The number of hydrogen-bond acceptors (Lipinski definition) is 9. The molecule has 186 valence electrons. The topological polar surface area (TPSA) is 135 Å². The Bertz CT molecular complexity index is 1090. The van der Waals surface area contributed by atoms with Gasteiger partial charge in [-0.25, -0.2) is 8.42 Å². The summed E-state index contributed by atoms with van der Waals surface area (Å²) in [4.78, 5) is 12.8. The molecule has 1 aromatic heterocycles. The highest BCUT2D eigenvalue weighted by Gasteiger charge is 2.28. The molecule has 3 heterocycles. The average Bonchev–Trinajstić information content (AvgIpc) is 3.50. The largest absolute Gasteiger partial charge is 0.381 e. The maximum Gasteiger partial charge on any atom is 0.247 e. The second-order valence-corrected chi connectivity index (χ2v) is 10.4. The van der Waals surface area contributed by atoms with Crippen molar-refractivity contribution in [3.8, 4) is 0 Å². The Kier molecular flexibility index (Phi) is 7.71. The minimum atomic E-state index is -3.70. The van der Waals surface area contributed by atoms with E-state index in [4.69, 9.17) is 14.0 Å². The van der Waals surface area contributed by atoms with Gasteiger partial charge in [0.25, 0.3) is 0 Å². The molecule has 4 rings (SSSR count). The molecular weight excluding hydrogens is 462 g/mol. The van der Waals surface area contributed by atoms with Crippen molar-refractivity contribution < 1.29 is 27.2 Å². The van der Waals surface area contributed by atoms with Crippen LogP contribution in [0.5, 0.6) is 0 Å². The van der Waals surface area contributed by atoms with Gasteiger partial charge in [0.2, 0.25) is 15.9 Å². The summed E-state index contributed by atoms with van der Waals surface area (Å²) in [6, 6.07) is 5.80. The molecule has 12 heteroatoms. The lowest BCUT2D eigenvalue weighted by Crippen LogP contribution is -2.40. The summed E-state index contributed by atoms with van der Waals surface area (Å²) >= 11 is 0. The Labute approximate surface area is 199 Å². The highest BCUT2D eigenvalue weighted by atomic mass is 32.2. The number of aryl methyl sites for hydroxylation is 1. The van der Waals surface area contributed by atoms with E-state index in [1.165, 1.54) is 4.31 Å². The summed E-state index contributed by atoms with van der Waals surface area (Å²) in [5.74, 6) is 0.564. The molecule has 1 amide bonds. The first-order valence-corrected chi connectivity index (χ1v) is 12.8. The van der Waals surface area contributed by atoms with E-state index >= 15 is 0 Å². The second kappa shape index (κ2) is 10.7. The Hall–Kier alpha value is -2.67. The van der Waals surface area contributed by atoms with Crippen LogP contribution in [-0.4, -0.2) is 75.4 Å². The van der Waals surface area contributed by atoms with Gasteiger partial charge in [-0.1, -0.05) is 5.16 Å². The maximum atomic E-state index is 13.2. The minimum Gasteiger partial charge on any atom is -0.381 e. The number of nitrogens with zero attached hydrogens (tertiary/aromatic N) is 2. The number of nitrogens with one attached hydrogen (secondary N) is 3. The molecule has 0 radical (unpaired) electrons. The summed E-state index contributed by atoms with van der Waals surface area (Å²) in [6.45, 7) is 6.09. The van der Waals surface area contributed by atoms with Gasteiger partial charge in [0.1, 0.15) is 11.8 Å². The average molecular weight is 494 g/mol. The SMILES string of the molecule is Cc1cc(NC(=O)[C@H](C)Nc2cc(S(=O)(=O)N3CCOCC3)ccc2NC[C@@H]2CCCO2)no1. The summed E-state index contributed by atoms with van der Waals surface area (Å²) in [6.07, 6.45) is 2.09. The number of carbonyl (C=O) groups excluding carboxylic acids is 1. The lowest BCUT2D eigenvalue weighted by molar-refractivity contribution is -0.116. The van der Waals surface area contributed by atoms with Crippen molar-refractivity contribution in [2.24, 2.45) is 0 Å². The predicted octanol–water partition coefficient (Wildman–Crippen LogP) is 2.03. The fraction of sp³-hybridized carbons (Fsp3) is 0.545. The summed E-state index contributed by atoms with van der Waals surface area (Å²) in [5, 5.41) is 12.9. The molecule has 2 atom stereocenters. The van der Waals surface area contributed by atoms with E-state index in [0.29, 0.717) is 55.8 Å². The van der Waals surface area contributed by atoms with Crippen molar-refractivity contribution in [2.75, 3.05) is 55.4 Å². The van der Waals surface area contributed by atoms with Gasteiger partial charge in [0, 0.05) is 32.3 Å². The van der Waals surface area contributed by atoms with E-state index in [9.17, 15) is 13.2 Å². The van der Waals surface area contributed by atoms with Gasteiger partial charge in [0.05, 0.1) is 35.6 Å². The van der Waals surface area contributed by atoms with E-state index in [1.54, 1.807) is 38.1 Å². The molecule has 34 heavy (non-hydrogen) atoms. The Morgan fingerprint density at radius 1 is 1.21 bits per heavy atom. The number of benzene rings is 1. The van der Waals surface area contributed by atoms with Crippen LogP contribution < -0.4 is 16.0 Å². The highest BCUT2D eigenvalue weighted by Crippen LogP contribution is 2.29. The van der Waals surface area contributed by atoms with Gasteiger partial charge in [-0.15, -0.1) is 0 Å². The molecule has 0 unspecified atom stereocenters. The lowest BCUT2D eigenvalue weighted by Gasteiger charge is -2.27. The van der Waals surface area contributed by atoms with Crippen LogP contribution in [0.25, 0.3) is 0 Å². The first-order chi connectivity index (χ1) is 16.3. The fourth-order valence-electron chi connectivity index (χ4n) is 3.88. The molecule has 0 spiro atoms. The van der Waals surface area contributed by atoms with Crippen LogP contribution in [-0.2, 0) is 24.3 Å². The molecule has 2 aliphatic rings. The van der Waals surface area contributed by atoms with E-state index in [2.05, 4.69) is 21.1 Å². The van der Waals surface area contributed by atoms with Gasteiger partial charge in [-0.05, 0) is 44.9 Å². The van der Waals surface area contributed by atoms with Crippen molar-refractivity contribution in [2.45, 2.75) is 43.7 Å². The standard InChI is InChI=1S/C22H31N5O6S/c1-15-12-21(26-33-15)25-22(28)16(2)24-20-13-18(34(29,30)27-7-10-31-11-8-27)5-6-19(20)23-14-17-4-3-9-32-17/h5-6,12-13,16-17,23-24H,3-4,7-11,14H2,1-2H3,(H,25,26,28)/t16-,17-/m0/s1. The van der Waals surface area contributed by atoms with E-state index in [1.807, 2.05) is 0 Å². The predicted molar refractivity (Wildman–Crippen MR) is 126 cm³/mol. The highest BCUT2D eigenvalue weighted by molar-refractivity contribution is 7.89. The van der Waals surface area contributed by atoms with Crippen molar-refractivity contribution in [3.05, 3.63) is 30.0 Å². The number of hydrogen-bond donors (Lipinski definition) is 3. The zero-order valence-corrected chi connectivity index (χ0v) is 20.2. The number of sulfonamides is 1. The Balaban J connectivity index is 1.54. The third-order valence-corrected chi connectivity index (χ3v) is 7.68. The van der Waals surface area contributed by atoms with Crippen LogP contribution in [0.4, 0.5) is 17.2 Å². The zero-order chi connectivity index (χ0) is 24.1. The molecule has 0 saturated carbocycles. The number of morpholine rings is 1. The summed E-state index contributed by atoms with van der Waals surface area (Å²) in [5.41, 5.74) is 1.19. The Morgan fingerprint density at radius 2 is 2.00 bits per heavy atom. The molecule has 11 nitrogen and oxygen atoms in total.